The van der Waals surface area contributed by atoms with E-state index in [4.69, 9.17) is 5.11 Å². The molecule has 7 atom stereocenters. The van der Waals surface area contributed by atoms with Crippen molar-refractivity contribution in [3.05, 3.63) is 44.4 Å². The lowest BCUT2D eigenvalue weighted by Gasteiger charge is -2.43. The van der Waals surface area contributed by atoms with Gasteiger partial charge in [0, 0.05) is 42.4 Å². The van der Waals surface area contributed by atoms with E-state index < -0.39 is 5.97 Å². The Kier molecular flexibility index (Phi) is 4.97. The van der Waals surface area contributed by atoms with Crippen LogP contribution in [0.5, 0.6) is 0 Å². The Bertz CT molecular complexity index is 1250. The second-order valence-corrected chi connectivity index (χ2v) is 12.1. The number of amides is 2. The summed E-state index contributed by atoms with van der Waals surface area (Å²) in [6, 6.07) is 8.39. The first-order chi connectivity index (χ1) is 16.3. The normalized spacial score (nSPS) is 33.1. The fourth-order valence-corrected chi connectivity index (χ4v) is 9.75. The molecule has 4 aliphatic rings. The summed E-state index contributed by atoms with van der Waals surface area (Å²) >= 11 is 2.91. The summed E-state index contributed by atoms with van der Waals surface area (Å²) in [6.07, 6.45) is 0.598. The molecule has 2 aromatic rings. The van der Waals surface area contributed by atoms with Gasteiger partial charge in [0.05, 0.1) is 23.3 Å². The van der Waals surface area contributed by atoms with Gasteiger partial charge >= 0.3 is 10.8 Å². The smallest absolute Gasteiger partial charge is 0.305 e. The number of hydrogen-bond donors (Lipinski definition) is 2. The first kappa shape index (κ1) is 21.9. The maximum Gasteiger partial charge on any atom is 0.305 e. The summed E-state index contributed by atoms with van der Waals surface area (Å²) < 4.78 is 0. The fraction of sp³-hybridized carbons (Fsp3) is 0.500. The van der Waals surface area contributed by atoms with E-state index in [0.29, 0.717) is 0 Å². The standard InChI is InChI=1S/C24H25N3O5S2/c1-26(2)11-5-3-10(4-6-11)15-16-12-9-13(19(16)33-21-20(15)34-24(32)25-21)18-17(12)22(30)27(23(18)31)8-7-14(28)29/h3-6,12-13,15-19H,7-9H2,1-2H3,(H,25,32)(H,28,29)/t12-,13+,15-,16+,17+,18+,19-/m1/s1. The molecule has 1 aromatic heterocycles. The van der Waals surface area contributed by atoms with E-state index >= 15 is 0 Å². The molecule has 3 fully saturated rings. The van der Waals surface area contributed by atoms with Crippen molar-refractivity contribution < 1.29 is 19.5 Å². The molecule has 178 valence electrons. The van der Waals surface area contributed by atoms with Gasteiger partial charge in [0.2, 0.25) is 11.8 Å². The highest BCUT2D eigenvalue weighted by Crippen LogP contribution is 2.68. The maximum atomic E-state index is 13.3. The van der Waals surface area contributed by atoms with Crippen molar-refractivity contribution in [3.63, 3.8) is 0 Å². The minimum atomic E-state index is -1.01. The summed E-state index contributed by atoms with van der Waals surface area (Å²) in [4.78, 5) is 57.1. The molecular formula is C24H25N3O5S2. The number of aromatic nitrogens is 1. The van der Waals surface area contributed by atoms with Crippen LogP contribution in [0, 0.1) is 29.6 Å². The number of benzene rings is 1. The number of rotatable bonds is 5. The Morgan fingerprint density at radius 1 is 1.12 bits per heavy atom. The number of carbonyl (C=O) groups excluding carboxylic acids is 2. The van der Waals surface area contributed by atoms with Crippen LogP contribution >= 0.6 is 23.1 Å². The molecule has 2 amide bonds. The third kappa shape index (κ3) is 3.04. The van der Waals surface area contributed by atoms with Crippen LogP contribution in [0.3, 0.4) is 0 Å². The number of carboxylic acid groups (broad SMARTS) is 1. The molecule has 2 N–H and O–H groups in total. The van der Waals surface area contributed by atoms with Crippen molar-refractivity contribution >= 4 is 46.6 Å². The van der Waals surface area contributed by atoms with Crippen LogP contribution in [0.15, 0.2) is 34.1 Å². The van der Waals surface area contributed by atoms with E-state index in [0.717, 1.165) is 27.6 Å². The number of anilines is 1. The van der Waals surface area contributed by atoms with Gasteiger partial charge in [-0.05, 0) is 41.9 Å². The Labute approximate surface area is 204 Å². The Morgan fingerprint density at radius 3 is 2.44 bits per heavy atom. The number of aromatic amines is 1. The number of aliphatic carboxylic acids is 1. The largest absolute Gasteiger partial charge is 0.481 e. The third-order valence-electron chi connectivity index (χ3n) is 8.13. The van der Waals surface area contributed by atoms with Crippen LogP contribution in [0.4, 0.5) is 5.69 Å². The van der Waals surface area contributed by atoms with Crippen LogP contribution in [0.1, 0.15) is 29.2 Å². The summed E-state index contributed by atoms with van der Waals surface area (Å²) in [6.45, 7) is -0.0575. The van der Waals surface area contributed by atoms with Gasteiger partial charge in [-0.3, -0.25) is 24.1 Å². The van der Waals surface area contributed by atoms with Crippen LogP contribution in [-0.2, 0) is 14.4 Å². The monoisotopic (exact) mass is 499 g/mol. The van der Waals surface area contributed by atoms with Crippen LogP contribution < -0.4 is 9.77 Å². The van der Waals surface area contributed by atoms with Crippen LogP contribution in [0.2, 0.25) is 0 Å². The molecule has 2 aliphatic carbocycles. The van der Waals surface area contributed by atoms with Gasteiger partial charge in [0.15, 0.2) is 0 Å². The molecule has 2 aliphatic heterocycles. The number of likely N-dealkylation sites (tertiary alicyclic amines) is 1. The Morgan fingerprint density at radius 2 is 1.79 bits per heavy atom. The number of hydrogen-bond acceptors (Lipinski definition) is 7. The zero-order valence-corrected chi connectivity index (χ0v) is 20.4. The number of fused-ring (bicyclic) bond motifs is 9. The van der Waals surface area contributed by atoms with Gasteiger partial charge in [-0.1, -0.05) is 23.5 Å². The summed E-state index contributed by atoms with van der Waals surface area (Å²) in [5.74, 6) is -1.94. The molecule has 1 saturated heterocycles. The Hall–Kier alpha value is -2.59. The number of imide groups is 1. The van der Waals surface area contributed by atoms with Crippen molar-refractivity contribution in [2.75, 3.05) is 25.5 Å². The summed E-state index contributed by atoms with van der Waals surface area (Å²) in [5, 5.41) is 10.1. The van der Waals surface area contributed by atoms with Gasteiger partial charge in [0.1, 0.15) is 0 Å². The number of nitrogens with zero attached hydrogens (tertiary/aromatic N) is 2. The maximum absolute atomic E-state index is 13.3. The predicted molar refractivity (Wildman–Crippen MR) is 128 cm³/mol. The lowest BCUT2D eigenvalue weighted by molar-refractivity contribution is -0.142. The van der Waals surface area contributed by atoms with E-state index in [1.54, 1.807) is 11.8 Å². The number of thioether (sulfide) groups is 1. The van der Waals surface area contributed by atoms with E-state index in [1.807, 2.05) is 19.0 Å². The molecule has 8 nitrogen and oxygen atoms in total. The van der Waals surface area contributed by atoms with Crippen molar-refractivity contribution in [2.45, 2.75) is 29.0 Å². The van der Waals surface area contributed by atoms with Crippen molar-refractivity contribution in [2.24, 2.45) is 29.6 Å². The first-order valence-electron chi connectivity index (χ1n) is 11.5. The van der Waals surface area contributed by atoms with Gasteiger partial charge < -0.3 is 15.0 Å². The number of carbonyl (C=O) groups is 3. The second-order valence-electron chi connectivity index (χ2n) is 9.92. The molecule has 6 rings (SSSR count). The molecule has 1 aromatic carbocycles. The number of thiazole rings is 1. The lowest BCUT2D eigenvalue weighted by atomic mass is 9.68. The molecule has 34 heavy (non-hydrogen) atoms. The second kappa shape index (κ2) is 7.71. The lowest BCUT2D eigenvalue weighted by Crippen LogP contribution is -2.42. The summed E-state index contributed by atoms with van der Waals surface area (Å²) in [7, 11) is 3.99. The molecule has 0 spiro atoms. The number of carboxylic acids is 1. The highest BCUT2D eigenvalue weighted by Gasteiger charge is 2.69. The van der Waals surface area contributed by atoms with E-state index in [1.165, 1.54) is 16.2 Å². The first-order valence-corrected chi connectivity index (χ1v) is 13.2. The summed E-state index contributed by atoms with van der Waals surface area (Å²) in [5.41, 5.74) is 2.22. The molecule has 2 bridgehead atoms. The van der Waals surface area contributed by atoms with Crippen LogP contribution in [-0.4, -0.2) is 58.7 Å². The van der Waals surface area contributed by atoms with Gasteiger partial charge in [-0.2, -0.15) is 0 Å². The SMILES string of the molecule is CN(C)c1ccc([C@H]2c3sc(=O)[nH]c3S[C@@H]3[C@H]4C[C@@H]([C@@H]5C(=O)N(CCC(=O)O)C(=O)[C@@H]45)[C@@H]23)cc1. The predicted octanol–water partition coefficient (Wildman–Crippen LogP) is 2.45. The molecule has 0 radical (unpaired) electrons. The average Bonchev–Trinajstić information content (AvgIpc) is 3.51. The van der Waals surface area contributed by atoms with Crippen molar-refractivity contribution in [1.29, 1.82) is 0 Å². The van der Waals surface area contributed by atoms with E-state index in [9.17, 15) is 19.2 Å². The highest BCUT2D eigenvalue weighted by atomic mass is 32.2. The number of H-pyrrole nitrogens is 1. The van der Waals surface area contributed by atoms with Crippen LogP contribution in [0.25, 0.3) is 0 Å². The molecule has 0 unspecified atom stereocenters. The van der Waals surface area contributed by atoms with Gasteiger partial charge in [-0.15, -0.1) is 11.8 Å². The minimum Gasteiger partial charge on any atom is -0.481 e. The third-order valence-corrected chi connectivity index (χ3v) is 10.7. The quantitative estimate of drug-likeness (QED) is 0.608. The van der Waals surface area contributed by atoms with E-state index in [-0.39, 0.29) is 70.4 Å². The minimum absolute atomic E-state index is 0.00617. The fourth-order valence-electron chi connectivity index (χ4n) is 6.86. The molecular weight excluding hydrogens is 474 g/mol. The molecule has 2 saturated carbocycles. The number of nitrogens with one attached hydrogen (secondary N) is 1. The molecule has 3 heterocycles. The van der Waals surface area contributed by atoms with Gasteiger partial charge in [-0.25, -0.2) is 0 Å². The van der Waals surface area contributed by atoms with Crippen molar-refractivity contribution in [3.8, 4) is 0 Å². The van der Waals surface area contributed by atoms with Crippen molar-refractivity contribution in [1.82, 2.24) is 9.88 Å². The zero-order chi connectivity index (χ0) is 23.9. The van der Waals surface area contributed by atoms with E-state index in [2.05, 4.69) is 29.2 Å². The average molecular weight is 500 g/mol. The molecule has 10 heteroatoms. The topological polar surface area (TPSA) is 111 Å². The zero-order valence-electron chi connectivity index (χ0n) is 18.8. The highest BCUT2D eigenvalue weighted by molar-refractivity contribution is 8.00. The van der Waals surface area contributed by atoms with Gasteiger partial charge in [0.25, 0.3) is 0 Å². The Balaban J connectivity index is 1.40.